The largest absolute Gasteiger partial charge is 0.398 e. The van der Waals surface area contributed by atoms with Gasteiger partial charge in [-0.1, -0.05) is 0 Å². The zero-order chi connectivity index (χ0) is 12.8. The molecule has 0 saturated heterocycles. The summed E-state index contributed by atoms with van der Waals surface area (Å²) in [6.07, 6.45) is 2.53. The van der Waals surface area contributed by atoms with Crippen molar-refractivity contribution in [2.75, 3.05) is 23.1 Å². The SMILES string of the molecule is CC(CCS(C)=O)Nc1ccc(N)c(C#N)c1. The highest BCUT2D eigenvalue weighted by atomic mass is 32.2. The van der Waals surface area contributed by atoms with Gasteiger partial charge in [0.1, 0.15) is 6.07 Å². The number of nitriles is 1. The first-order valence-corrected chi connectivity index (χ1v) is 7.12. The summed E-state index contributed by atoms with van der Waals surface area (Å²) in [7, 11) is -0.766. The van der Waals surface area contributed by atoms with E-state index in [-0.39, 0.29) is 6.04 Å². The summed E-state index contributed by atoms with van der Waals surface area (Å²) in [5.41, 5.74) is 7.46. The summed E-state index contributed by atoms with van der Waals surface area (Å²) < 4.78 is 11.0. The van der Waals surface area contributed by atoms with Crippen LogP contribution in [0.3, 0.4) is 0 Å². The highest BCUT2D eigenvalue weighted by Crippen LogP contribution is 2.18. The molecule has 0 heterocycles. The third kappa shape index (κ3) is 4.45. The number of benzene rings is 1. The molecule has 1 aromatic rings. The standard InChI is InChI=1S/C12H17N3OS/c1-9(5-6-17(2)16)15-11-3-4-12(14)10(7-11)8-13/h3-4,7,9,15H,5-6,14H2,1-2H3. The van der Waals surface area contributed by atoms with Gasteiger partial charge in [0.2, 0.25) is 0 Å². The van der Waals surface area contributed by atoms with Crippen LogP contribution in [0.1, 0.15) is 18.9 Å². The fourth-order valence-electron chi connectivity index (χ4n) is 1.44. The third-order valence-corrected chi connectivity index (χ3v) is 3.24. The molecule has 2 unspecified atom stereocenters. The van der Waals surface area contributed by atoms with E-state index in [9.17, 15) is 4.21 Å². The maximum atomic E-state index is 11.0. The van der Waals surface area contributed by atoms with Crippen LogP contribution in [0.25, 0.3) is 0 Å². The Hall–Kier alpha value is -1.54. The van der Waals surface area contributed by atoms with E-state index in [0.29, 0.717) is 17.0 Å². The molecule has 0 aliphatic heterocycles. The normalized spacial score (nSPS) is 13.7. The highest BCUT2D eigenvalue weighted by Gasteiger charge is 2.05. The van der Waals surface area contributed by atoms with Crippen LogP contribution in [0, 0.1) is 11.3 Å². The molecular formula is C12H17N3OS. The maximum Gasteiger partial charge on any atom is 0.101 e. The van der Waals surface area contributed by atoms with Gasteiger partial charge in [0.15, 0.2) is 0 Å². The first kappa shape index (κ1) is 13.5. The topological polar surface area (TPSA) is 78.9 Å². The average Bonchev–Trinajstić information content (AvgIpc) is 2.29. The van der Waals surface area contributed by atoms with Crippen LogP contribution in [-0.2, 0) is 10.8 Å². The minimum absolute atomic E-state index is 0.217. The number of hydrogen-bond donors (Lipinski definition) is 2. The summed E-state index contributed by atoms with van der Waals surface area (Å²) in [4.78, 5) is 0. The second-order valence-electron chi connectivity index (χ2n) is 4.03. The van der Waals surface area contributed by atoms with E-state index in [0.717, 1.165) is 12.1 Å². The van der Waals surface area contributed by atoms with Gasteiger partial charge in [-0.15, -0.1) is 0 Å². The van der Waals surface area contributed by atoms with Crippen LogP contribution in [-0.4, -0.2) is 22.3 Å². The van der Waals surface area contributed by atoms with Crippen LogP contribution in [0.15, 0.2) is 18.2 Å². The van der Waals surface area contributed by atoms with Crippen molar-refractivity contribution in [1.29, 1.82) is 5.26 Å². The lowest BCUT2D eigenvalue weighted by atomic mass is 10.1. The predicted octanol–water partition coefficient (Wildman–Crippen LogP) is 1.71. The second-order valence-corrected chi connectivity index (χ2v) is 5.58. The molecule has 0 radical (unpaired) electrons. The van der Waals surface area contributed by atoms with E-state index >= 15 is 0 Å². The molecular weight excluding hydrogens is 234 g/mol. The van der Waals surface area contributed by atoms with Crippen LogP contribution in [0.2, 0.25) is 0 Å². The van der Waals surface area contributed by atoms with E-state index in [2.05, 4.69) is 5.32 Å². The van der Waals surface area contributed by atoms with E-state index in [1.54, 1.807) is 18.4 Å². The van der Waals surface area contributed by atoms with Crippen molar-refractivity contribution in [2.45, 2.75) is 19.4 Å². The van der Waals surface area contributed by atoms with Crippen molar-refractivity contribution in [3.05, 3.63) is 23.8 Å². The number of nitrogens with one attached hydrogen (secondary N) is 1. The third-order valence-electron chi connectivity index (χ3n) is 2.43. The van der Waals surface area contributed by atoms with Gasteiger partial charge in [0.05, 0.1) is 5.56 Å². The van der Waals surface area contributed by atoms with Crippen molar-refractivity contribution >= 4 is 22.2 Å². The zero-order valence-electron chi connectivity index (χ0n) is 10.1. The minimum atomic E-state index is -0.766. The Morgan fingerprint density at radius 1 is 1.59 bits per heavy atom. The van der Waals surface area contributed by atoms with Gasteiger partial charge in [-0.25, -0.2) is 0 Å². The molecule has 1 rings (SSSR count). The summed E-state index contributed by atoms with van der Waals surface area (Å²) in [5, 5.41) is 12.1. The first-order valence-electron chi connectivity index (χ1n) is 5.39. The predicted molar refractivity (Wildman–Crippen MR) is 72.2 cm³/mol. The van der Waals surface area contributed by atoms with Gasteiger partial charge in [0, 0.05) is 40.2 Å². The molecule has 0 fully saturated rings. The van der Waals surface area contributed by atoms with Gasteiger partial charge >= 0.3 is 0 Å². The van der Waals surface area contributed by atoms with Crippen molar-refractivity contribution in [1.82, 2.24) is 0 Å². The zero-order valence-corrected chi connectivity index (χ0v) is 10.9. The van der Waals surface area contributed by atoms with E-state index in [4.69, 9.17) is 11.0 Å². The highest BCUT2D eigenvalue weighted by molar-refractivity contribution is 7.84. The smallest absolute Gasteiger partial charge is 0.101 e. The second kappa shape index (κ2) is 6.26. The lowest BCUT2D eigenvalue weighted by molar-refractivity contribution is 0.678. The van der Waals surface area contributed by atoms with Crippen LogP contribution >= 0.6 is 0 Å². The Labute approximate surface area is 104 Å². The molecule has 0 aliphatic carbocycles. The van der Waals surface area contributed by atoms with Gasteiger partial charge in [0.25, 0.3) is 0 Å². The van der Waals surface area contributed by atoms with Crippen molar-refractivity contribution < 1.29 is 4.21 Å². The molecule has 5 heteroatoms. The quantitative estimate of drug-likeness (QED) is 0.781. The van der Waals surface area contributed by atoms with Crippen molar-refractivity contribution in [2.24, 2.45) is 0 Å². The lowest BCUT2D eigenvalue weighted by Gasteiger charge is -2.15. The molecule has 0 aromatic heterocycles. The summed E-state index contributed by atoms with van der Waals surface area (Å²) in [5.74, 6) is 0.675. The lowest BCUT2D eigenvalue weighted by Crippen LogP contribution is -2.17. The van der Waals surface area contributed by atoms with Gasteiger partial charge in [-0.05, 0) is 31.5 Å². The molecule has 3 N–H and O–H groups in total. The Kier molecular flexibility index (Phi) is 4.98. The summed E-state index contributed by atoms with van der Waals surface area (Å²) in [6.45, 7) is 2.02. The molecule has 0 amide bonds. The van der Waals surface area contributed by atoms with Crippen LogP contribution in [0.5, 0.6) is 0 Å². The number of nitrogens with two attached hydrogens (primary N) is 1. The van der Waals surface area contributed by atoms with Gasteiger partial charge < -0.3 is 11.1 Å². The maximum absolute atomic E-state index is 11.0. The summed E-state index contributed by atoms with van der Waals surface area (Å²) >= 11 is 0. The summed E-state index contributed by atoms with van der Waals surface area (Å²) in [6, 6.07) is 7.55. The van der Waals surface area contributed by atoms with Crippen LogP contribution in [0.4, 0.5) is 11.4 Å². The minimum Gasteiger partial charge on any atom is -0.398 e. The Morgan fingerprint density at radius 3 is 2.88 bits per heavy atom. The van der Waals surface area contributed by atoms with Crippen molar-refractivity contribution in [3.8, 4) is 6.07 Å². The number of anilines is 2. The molecule has 0 aliphatic rings. The molecule has 0 saturated carbocycles. The Balaban J connectivity index is 2.63. The van der Waals surface area contributed by atoms with E-state index in [1.165, 1.54) is 0 Å². The first-order chi connectivity index (χ1) is 8.02. The average molecular weight is 251 g/mol. The van der Waals surface area contributed by atoms with Crippen LogP contribution < -0.4 is 11.1 Å². The van der Waals surface area contributed by atoms with Gasteiger partial charge in [-0.2, -0.15) is 5.26 Å². The van der Waals surface area contributed by atoms with Crippen molar-refractivity contribution in [3.63, 3.8) is 0 Å². The van der Waals surface area contributed by atoms with E-state index in [1.807, 2.05) is 19.1 Å². The molecule has 2 atom stereocenters. The molecule has 1 aromatic carbocycles. The van der Waals surface area contributed by atoms with E-state index < -0.39 is 10.8 Å². The molecule has 92 valence electrons. The monoisotopic (exact) mass is 251 g/mol. The number of nitrogen functional groups attached to an aromatic ring is 1. The van der Waals surface area contributed by atoms with Gasteiger partial charge in [-0.3, -0.25) is 4.21 Å². The molecule has 0 spiro atoms. The number of nitrogens with zero attached hydrogens (tertiary/aromatic N) is 1. The Bertz CT molecular complexity index is 454. The number of hydrogen-bond acceptors (Lipinski definition) is 4. The molecule has 4 nitrogen and oxygen atoms in total. The molecule has 17 heavy (non-hydrogen) atoms. The number of rotatable bonds is 5. The fourth-order valence-corrected chi connectivity index (χ4v) is 2.13. The molecule has 0 bridgehead atoms. The Morgan fingerprint density at radius 2 is 2.29 bits per heavy atom. The fraction of sp³-hybridized carbons (Fsp3) is 0.417.